The molecule has 2 aromatic rings. The van der Waals surface area contributed by atoms with Gasteiger partial charge in [0, 0.05) is 43.7 Å². The zero-order chi connectivity index (χ0) is 13.9. The molecule has 3 rings (SSSR count). The molecule has 0 aromatic carbocycles. The summed E-state index contributed by atoms with van der Waals surface area (Å²) >= 11 is 0. The Kier molecular flexibility index (Phi) is 3.69. The van der Waals surface area contributed by atoms with E-state index in [0.717, 1.165) is 25.3 Å². The maximum atomic E-state index is 5.66. The molecule has 1 aliphatic heterocycles. The summed E-state index contributed by atoms with van der Waals surface area (Å²) in [4.78, 5) is 11.0. The van der Waals surface area contributed by atoms with Crippen LogP contribution < -0.4 is 4.74 Å². The van der Waals surface area contributed by atoms with Gasteiger partial charge in [0.05, 0.1) is 12.6 Å². The molecule has 3 heterocycles. The highest BCUT2D eigenvalue weighted by Gasteiger charge is 2.23. The third-order valence-corrected chi connectivity index (χ3v) is 3.93. The van der Waals surface area contributed by atoms with E-state index >= 15 is 0 Å². The van der Waals surface area contributed by atoms with Gasteiger partial charge < -0.3 is 9.30 Å². The molecule has 5 nitrogen and oxygen atoms in total. The van der Waals surface area contributed by atoms with Gasteiger partial charge in [-0.2, -0.15) is 0 Å². The SMILES string of the molecule is CC1c2ncc(CCOc3ccccn3)n2CCN1C. The number of aromatic nitrogens is 3. The van der Waals surface area contributed by atoms with Crippen LogP contribution in [0.15, 0.2) is 30.6 Å². The van der Waals surface area contributed by atoms with Crippen molar-refractivity contribution in [2.75, 3.05) is 20.2 Å². The van der Waals surface area contributed by atoms with Crippen LogP contribution in [0.3, 0.4) is 0 Å². The third-order valence-electron chi connectivity index (χ3n) is 3.93. The summed E-state index contributed by atoms with van der Waals surface area (Å²) in [5.74, 6) is 1.84. The average Bonchev–Trinajstić information content (AvgIpc) is 2.88. The highest BCUT2D eigenvalue weighted by atomic mass is 16.5. The summed E-state index contributed by atoms with van der Waals surface area (Å²) in [6, 6.07) is 6.08. The number of imidazole rings is 1. The topological polar surface area (TPSA) is 43.2 Å². The summed E-state index contributed by atoms with van der Waals surface area (Å²) in [7, 11) is 2.15. The molecule has 1 unspecified atom stereocenters. The van der Waals surface area contributed by atoms with Crippen LogP contribution in [-0.4, -0.2) is 39.6 Å². The highest BCUT2D eigenvalue weighted by molar-refractivity contribution is 5.12. The Labute approximate surface area is 119 Å². The maximum absolute atomic E-state index is 5.66. The van der Waals surface area contributed by atoms with E-state index in [0.29, 0.717) is 18.5 Å². The molecule has 0 N–H and O–H groups in total. The molecule has 0 spiro atoms. The lowest BCUT2D eigenvalue weighted by Gasteiger charge is -2.31. The number of hydrogen-bond acceptors (Lipinski definition) is 4. The van der Waals surface area contributed by atoms with Gasteiger partial charge in [-0.15, -0.1) is 0 Å². The van der Waals surface area contributed by atoms with Gasteiger partial charge in [0.2, 0.25) is 5.88 Å². The zero-order valence-electron chi connectivity index (χ0n) is 12.0. The molecule has 5 heteroatoms. The van der Waals surface area contributed by atoms with Crippen molar-refractivity contribution < 1.29 is 4.74 Å². The molecule has 0 bridgehead atoms. The number of fused-ring (bicyclic) bond motifs is 1. The van der Waals surface area contributed by atoms with Crippen molar-refractivity contribution in [2.45, 2.75) is 25.9 Å². The lowest BCUT2D eigenvalue weighted by Crippen LogP contribution is -2.34. The van der Waals surface area contributed by atoms with Crippen molar-refractivity contribution in [3.8, 4) is 5.88 Å². The van der Waals surface area contributed by atoms with E-state index in [-0.39, 0.29) is 0 Å². The second-order valence-corrected chi connectivity index (χ2v) is 5.18. The van der Waals surface area contributed by atoms with Gasteiger partial charge in [-0.25, -0.2) is 9.97 Å². The van der Waals surface area contributed by atoms with Crippen molar-refractivity contribution >= 4 is 0 Å². The summed E-state index contributed by atoms with van der Waals surface area (Å²) in [5.41, 5.74) is 1.25. The first kappa shape index (κ1) is 13.1. The number of rotatable bonds is 4. The summed E-state index contributed by atoms with van der Waals surface area (Å²) in [6.07, 6.45) is 4.58. The Morgan fingerprint density at radius 2 is 2.20 bits per heavy atom. The number of nitrogens with zero attached hydrogens (tertiary/aromatic N) is 4. The smallest absolute Gasteiger partial charge is 0.213 e. The van der Waals surface area contributed by atoms with E-state index < -0.39 is 0 Å². The molecule has 0 aliphatic carbocycles. The Morgan fingerprint density at radius 3 is 3.00 bits per heavy atom. The Hall–Kier alpha value is -1.88. The zero-order valence-corrected chi connectivity index (χ0v) is 12.0. The molecule has 106 valence electrons. The Bertz CT molecular complexity index is 567. The van der Waals surface area contributed by atoms with Crippen molar-refractivity contribution in [3.63, 3.8) is 0 Å². The predicted molar refractivity (Wildman–Crippen MR) is 76.7 cm³/mol. The quantitative estimate of drug-likeness (QED) is 0.852. The molecule has 1 aliphatic rings. The van der Waals surface area contributed by atoms with Crippen LogP contribution in [-0.2, 0) is 13.0 Å². The molecule has 0 radical (unpaired) electrons. The fraction of sp³-hybridized carbons (Fsp3) is 0.467. The first-order chi connectivity index (χ1) is 9.75. The van der Waals surface area contributed by atoms with E-state index in [4.69, 9.17) is 4.74 Å². The minimum absolute atomic E-state index is 0.384. The Balaban J connectivity index is 1.63. The third kappa shape index (κ3) is 2.54. The van der Waals surface area contributed by atoms with E-state index in [1.54, 1.807) is 6.20 Å². The van der Waals surface area contributed by atoms with Gasteiger partial charge in [-0.05, 0) is 20.0 Å². The fourth-order valence-corrected chi connectivity index (χ4v) is 2.56. The average molecular weight is 272 g/mol. The number of hydrogen-bond donors (Lipinski definition) is 0. The molecule has 0 fully saturated rings. The van der Waals surface area contributed by atoms with Gasteiger partial charge in [-0.3, -0.25) is 4.90 Å². The second kappa shape index (κ2) is 5.63. The lowest BCUT2D eigenvalue weighted by atomic mass is 10.2. The highest BCUT2D eigenvalue weighted by Crippen LogP contribution is 2.23. The maximum Gasteiger partial charge on any atom is 0.213 e. The van der Waals surface area contributed by atoms with E-state index in [1.807, 2.05) is 24.4 Å². The second-order valence-electron chi connectivity index (χ2n) is 5.18. The monoisotopic (exact) mass is 272 g/mol. The van der Waals surface area contributed by atoms with Crippen molar-refractivity contribution in [2.24, 2.45) is 0 Å². The molecule has 1 atom stereocenters. The first-order valence-corrected chi connectivity index (χ1v) is 7.04. The largest absolute Gasteiger partial charge is 0.477 e. The van der Waals surface area contributed by atoms with E-state index in [2.05, 4.69) is 33.4 Å². The minimum Gasteiger partial charge on any atom is -0.477 e. The van der Waals surface area contributed by atoms with Gasteiger partial charge in [0.1, 0.15) is 5.82 Å². The predicted octanol–water partition coefficient (Wildman–Crippen LogP) is 1.91. The molecule has 0 saturated carbocycles. The number of ether oxygens (including phenoxy) is 1. The minimum atomic E-state index is 0.384. The fourth-order valence-electron chi connectivity index (χ4n) is 2.56. The van der Waals surface area contributed by atoms with Gasteiger partial charge in [0.15, 0.2) is 0 Å². The van der Waals surface area contributed by atoms with Crippen LogP contribution in [0, 0.1) is 0 Å². The first-order valence-electron chi connectivity index (χ1n) is 7.04. The van der Waals surface area contributed by atoms with Gasteiger partial charge in [-0.1, -0.05) is 6.07 Å². The molecular weight excluding hydrogens is 252 g/mol. The van der Waals surface area contributed by atoms with Crippen LogP contribution in [0.1, 0.15) is 24.5 Å². The van der Waals surface area contributed by atoms with Crippen LogP contribution >= 0.6 is 0 Å². The van der Waals surface area contributed by atoms with Crippen LogP contribution in [0.5, 0.6) is 5.88 Å². The summed E-state index contributed by atoms with van der Waals surface area (Å²) in [6.45, 7) is 4.91. The van der Waals surface area contributed by atoms with Crippen molar-refractivity contribution in [3.05, 3.63) is 42.1 Å². The summed E-state index contributed by atoms with van der Waals surface area (Å²) < 4.78 is 7.98. The molecular formula is C15H20N4O. The van der Waals surface area contributed by atoms with Crippen molar-refractivity contribution in [1.29, 1.82) is 0 Å². The summed E-state index contributed by atoms with van der Waals surface area (Å²) in [5, 5.41) is 0. The lowest BCUT2D eigenvalue weighted by molar-refractivity contribution is 0.203. The van der Waals surface area contributed by atoms with E-state index in [1.165, 1.54) is 5.69 Å². The van der Waals surface area contributed by atoms with Crippen molar-refractivity contribution in [1.82, 2.24) is 19.4 Å². The van der Waals surface area contributed by atoms with Crippen LogP contribution in [0.25, 0.3) is 0 Å². The molecule has 2 aromatic heterocycles. The number of likely N-dealkylation sites (N-methyl/N-ethyl adjacent to an activating group) is 1. The Morgan fingerprint density at radius 1 is 1.30 bits per heavy atom. The molecule has 0 saturated heterocycles. The van der Waals surface area contributed by atoms with E-state index in [9.17, 15) is 0 Å². The normalized spacial score (nSPS) is 18.8. The molecule has 0 amide bonds. The van der Waals surface area contributed by atoms with Gasteiger partial charge in [0.25, 0.3) is 0 Å². The standard InChI is InChI=1S/C15H20N4O/c1-12-15-17-11-13(19(15)9-8-18(12)2)6-10-20-14-5-3-4-7-16-14/h3-5,7,11-12H,6,8-10H2,1-2H3. The molecule has 20 heavy (non-hydrogen) atoms. The van der Waals surface area contributed by atoms with Gasteiger partial charge >= 0.3 is 0 Å². The number of pyridine rings is 1. The van der Waals surface area contributed by atoms with Crippen LogP contribution in [0.2, 0.25) is 0 Å². The van der Waals surface area contributed by atoms with Crippen LogP contribution in [0.4, 0.5) is 0 Å².